The van der Waals surface area contributed by atoms with Crippen LogP contribution in [0, 0.1) is 0 Å². The van der Waals surface area contributed by atoms with Gasteiger partial charge in [0.2, 0.25) is 0 Å². The lowest BCUT2D eigenvalue weighted by molar-refractivity contribution is 0.296. The van der Waals surface area contributed by atoms with Gasteiger partial charge in [0, 0.05) is 0 Å². The van der Waals surface area contributed by atoms with Crippen LogP contribution in [0.5, 0.6) is 11.5 Å². The summed E-state index contributed by atoms with van der Waals surface area (Å²) in [6.07, 6.45) is 4.01. The lowest BCUT2D eigenvalue weighted by Gasteiger charge is -2.14. The molecule has 2 aromatic rings. The fourth-order valence-corrected chi connectivity index (χ4v) is 2.07. The van der Waals surface area contributed by atoms with Crippen molar-refractivity contribution < 1.29 is 13.9 Å². The number of benzene rings is 1. The molecule has 0 radical (unpaired) electrons. The summed E-state index contributed by atoms with van der Waals surface area (Å²) in [5, 5.41) is 0. The predicted molar refractivity (Wildman–Crippen MR) is 82.6 cm³/mol. The fraction of sp³-hybridized carbons (Fsp3) is 0.294. The highest BCUT2D eigenvalue weighted by molar-refractivity contribution is 5.43. The molecule has 0 aliphatic rings. The van der Waals surface area contributed by atoms with Gasteiger partial charge in [0.05, 0.1) is 18.9 Å². The average Bonchev–Trinajstić information content (AvgIpc) is 3.01. The standard InChI is InChI=1S/C17H21NO3/c1-3-9-20-16-8-7-13(12-17(16)19-4-2)11-14(18)15-6-5-10-21-15/h3,5-8,10,12,14H,1,4,9,11,18H2,2H3. The molecule has 0 fully saturated rings. The number of hydrogen-bond acceptors (Lipinski definition) is 4. The SMILES string of the molecule is C=CCOc1ccc(CC(N)c2ccco2)cc1OCC. The largest absolute Gasteiger partial charge is 0.490 e. The second-order valence-electron chi connectivity index (χ2n) is 4.64. The second kappa shape index (κ2) is 7.55. The maximum absolute atomic E-state index is 6.13. The topological polar surface area (TPSA) is 57.6 Å². The van der Waals surface area contributed by atoms with Gasteiger partial charge in [-0.3, -0.25) is 0 Å². The summed E-state index contributed by atoms with van der Waals surface area (Å²) in [7, 11) is 0. The molecule has 0 aliphatic carbocycles. The van der Waals surface area contributed by atoms with Gasteiger partial charge in [-0.1, -0.05) is 18.7 Å². The molecular weight excluding hydrogens is 266 g/mol. The number of hydrogen-bond donors (Lipinski definition) is 1. The van der Waals surface area contributed by atoms with E-state index in [1.165, 1.54) is 0 Å². The van der Waals surface area contributed by atoms with Crippen molar-refractivity contribution in [3.63, 3.8) is 0 Å². The Morgan fingerprint density at radius 3 is 2.81 bits per heavy atom. The van der Waals surface area contributed by atoms with Gasteiger partial charge in [0.1, 0.15) is 12.4 Å². The molecule has 1 heterocycles. The first-order chi connectivity index (χ1) is 10.2. The minimum absolute atomic E-state index is 0.172. The molecule has 112 valence electrons. The first-order valence-electron chi connectivity index (χ1n) is 7.03. The Kier molecular flexibility index (Phi) is 5.46. The zero-order valence-corrected chi connectivity index (χ0v) is 12.2. The molecule has 0 spiro atoms. The van der Waals surface area contributed by atoms with Gasteiger partial charge < -0.3 is 19.6 Å². The fourth-order valence-electron chi connectivity index (χ4n) is 2.07. The number of rotatable bonds is 8. The van der Waals surface area contributed by atoms with E-state index in [2.05, 4.69) is 6.58 Å². The molecule has 0 saturated carbocycles. The Balaban J connectivity index is 2.12. The van der Waals surface area contributed by atoms with E-state index in [1.807, 2.05) is 37.3 Å². The summed E-state index contributed by atoms with van der Waals surface area (Å²) in [5.41, 5.74) is 7.21. The van der Waals surface area contributed by atoms with E-state index in [4.69, 9.17) is 19.6 Å². The summed E-state index contributed by atoms with van der Waals surface area (Å²) in [6, 6.07) is 9.41. The molecule has 0 amide bonds. The molecule has 1 unspecified atom stereocenters. The number of nitrogens with two attached hydrogens (primary N) is 1. The highest BCUT2D eigenvalue weighted by Gasteiger charge is 2.12. The van der Waals surface area contributed by atoms with Crippen LogP contribution in [0.15, 0.2) is 53.7 Å². The first kappa shape index (κ1) is 15.2. The van der Waals surface area contributed by atoms with Gasteiger partial charge in [0.25, 0.3) is 0 Å². The van der Waals surface area contributed by atoms with Crippen molar-refractivity contribution in [1.29, 1.82) is 0 Å². The Hall–Kier alpha value is -2.20. The molecule has 2 rings (SSSR count). The quantitative estimate of drug-likeness (QED) is 0.755. The monoisotopic (exact) mass is 287 g/mol. The van der Waals surface area contributed by atoms with E-state index in [-0.39, 0.29) is 6.04 Å². The second-order valence-corrected chi connectivity index (χ2v) is 4.64. The Labute approximate surface area is 125 Å². The van der Waals surface area contributed by atoms with Gasteiger partial charge in [0.15, 0.2) is 11.5 Å². The maximum atomic E-state index is 6.13. The van der Waals surface area contributed by atoms with Crippen LogP contribution in [-0.2, 0) is 6.42 Å². The van der Waals surface area contributed by atoms with Crippen molar-refractivity contribution >= 4 is 0 Å². The number of furan rings is 1. The maximum Gasteiger partial charge on any atom is 0.161 e. The van der Waals surface area contributed by atoms with Crippen LogP contribution >= 0.6 is 0 Å². The van der Waals surface area contributed by atoms with Crippen LogP contribution in [0.1, 0.15) is 24.3 Å². The number of ether oxygens (including phenoxy) is 2. The predicted octanol–water partition coefficient (Wildman–Crippen LogP) is 3.49. The van der Waals surface area contributed by atoms with E-state index in [1.54, 1.807) is 12.3 Å². The van der Waals surface area contributed by atoms with Crippen molar-refractivity contribution in [2.75, 3.05) is 13.2 Å². The molecule has 0 saturated heterocycles. The molecule has 21 heavy (non-hydrogen) atoms. The summed E-state index contributed by atoms with van der Waals surface area (Å²) < 4.78 is 16.5. The van der Waals surface area contributed by atoms with Gasteiger partial charge in [-0.25, -0.2) is 0 Å². The minimum atomic E-state index is -0.172. The van der Waals surface area contributed by atoms with Crippen LogP contribution in [0.25, 0.3) is 0 Å². The van der Waals surface area contributed by atoms with Crippen molar-refractivity contribution in [2.45, 2.75) is 19.4 Å². The van der Waals surface area contributed by atoms with E-state index in [9.17, 15) is 0 Å². The Morgan fingerprint density at radius 2 is 2.14 bits per heavy atom. The van der Waals surface area contributed by atoms with Crippen LogP contribution in [0.3, 0.4) is 0 Å². The molecule has 0 bridgehead atoms. The van der Waals surface area contributed by atoms with Crippen LogP contribution in [0.4, 0.5) is 0 Å². The summed E-state index contributed by atoms with van der Waals surface area (Å²) in [6.45, 7) is 6.62. The van der Waals surface area contributed by atoms with E-state index >= 15 is 0 Å². The molecule has 1 atom stereocenters. The van der Waals surface area contributed by atoms with E-state index in [0.717, 1.165) is 17.1 Å². The van der Waals surface area contributed by atoms with E-state index < -0.39 is 0 Å². The van der Waals surface area contributed by atoms with Crippen LogP contribution in [-0.4, -0.2) is 13.2 Å². The minimum Gasteiger partial charge on any atom is -0.490 e. The van der Waals surface area contributed by atoms with Gasteiger partial charge >= 0.3 is 0 Å². The lowest BCUT2D eigenvalue weighted by atomic mass is 10.0. The van der Waals surface area contributed by atoms with Gasteiger partial charge in [-0.05, 0) is 43.2 Å². The van der Waals surface area contributed by atoms with Crippen molar-refractivity contribution in [1.82, 2.24) is 0 Å². The zero-order valence-electron chi connectivity index (χ0n) is 12.2. The van der Waals surface area contributed by atoms with Crippen LogP contribution < -0.4 is 15.2 Å². The van der Waals surface area contributed by atoms with Crippen molar-refractivity contribution in [3.05, 3.63) is 60.6 Å². The third kappa shape index (κ3) is 4.13. The zero-order chi connectivity index (χ0) is 15.1. The summed E-state index contributed by atoms with van der Waals surface area (Å²) in [4.78, 5) is 0. The van der Waals surface area contributed by atoms with Crippen LogP contribution in [0.2, 0.25) is 0 Å². The van der Waals surface area contributed by atoms with E-state index in [0.29, 0.717) is 25.4 Å². The Morgan fingerprint density at radius 1 is 1.29 bits per heavy atom. The summed E-state index contributed by atoms with van der Waals surface area (Å²) in [5.74, 6) is 2.22. The molecular formula is C17H21NO3. The lowest BCUT2D eigenvalue weighted by Crippen LogP contribution is -2.12. The summed E-state index contributed by atoms with van der Waals surface area (Å²) >= 11 is 0. The molecule has 4 heteroatoms. The smallest absolute Gasteiger partial charge is 0.161 e. The molecule has 1 aromatic carbocycles. The third-order valence-corrected chi connectivity index (χ3v) is 3.03. The highest BCUT2D eigenvalue weighted by atomic mass is 16.5. The molecule has 0 aliphatic heterocycles. The first-order valence-corrected chi connectivity index (χ1v) is 7.03. The van der Waals surface area contributed by atoms with Crippen molar-refractivity contribution in [2.24, 2.45) is 5.73 Å². The van der Waals surface area contributed by atoms with Gasteiger partial charge in [-0.15, -0.1) is 0 Å². The Bertz CT molecular complexity index is 563. The molecule has 2 N–H and O–H groups in total. The molecule has 4 nitrogen and oxygen atoms in total. The molecule has 1 aromatic heterocycles. The van der Waals surface area contributed by atoms with Crippen molar-refractivity contribution in [3.8, 4) is 11.5 Å². The third-order valence-electron chi connectivity index (χ3n) is 3.03. The van der Waals surface area contributed by atoms with Gasteiger partial charge in [-0.2, -0.15) is 0 Å². The average molecular weight is 287 g/mol. The normalized spacial score (nSPS) is 11.9. The highest BCUT2D eigenvalue weighted by Crippen LogP contribution is 2.30.